The second kappa shape index (κ2) is 3.99. The van der Waals surface area contributed by atoms with Crippen molar-refractivity contribution in [1.29, 1.82) is 0 Å². The minimum Gasteiger partial charge on any atom is -0.323 e. The van der Waals surface area contributed by atoms with Gasteiger partial charge in [-0.15, -0.1) is 0 Å². The maximum absolute atomic E-state index is 11.2. The Morgan fingerprint density at radius 2 is 1.76 bits per heavy atom. The molecule has 5 heteroatoms. The minimum absolute atomic E-state index is 0.0349. The lowest BCUT2D eigenvalue weighted by atomic mass is 9.83. The molecule has 0 bridgehead atoms. The summed E-state index contributed by atoms with van der Waals surface area (Å²) in [5, 5.41) is 0. The van der Waals surface area contributed by atoms with Crippen LogP contribution in [-0.2, 0) is 0 Å². The van der Waals surface area contributed by atoms with E-state index >= 15 is 0 Å². The summed E-state index contributed by atoms with van der Waals surface area (Å²) in [7, 11) is 0. The Hall–Kier alpha value is -1.07. The van der Waals surface area contributed by atoms with Crippen LogP contribution >= 0.6 is 15.9 Å². The Morgan fingerprint density at radius 3 is 2.29 bits per heavy atom. The number of nitrogens with two attached hydrogens (primary N) is 1. The number of halogens is 1. The van der Waals surface area contributed by atoms with Gasteiger partial charge in [0.1, 0.15) is 0 Å². The Balaban J connectivity index is 2.61. The summed E-state index contributed by atoms with van der Waals surface area (Å²) >= 11 is 3.50. The molecule has 2 rings (SSSR count). The van der Waals surface area contributed by atoms with Gasteiger partial charge in [-0.3, -0.25) is 0 Å². The Bertz CT molecular complexity index is 606. The number of hydrogen-bond donors (Lipinski definition) is 3. The zero-order chi connectivity index (χ0) is 12.8. The molecule has 1 aromatic carbocycles. The van der Waals surface area contributed by atoms with E-state index in [2.05, 4.69) is 46.7 Å². The maximum atomic E-state index is 11.2. The highest BCUT2D eigenvalue weighted by atomic mass is 79.9. The topological polar surface area (TPSA) is 74.7 Å². The monoisotopic (exact) mass is 297 g/mol. The van der Waals surface area contributed by atoms with E-state index in [0.717, 1.165) is 21.1 Å². The third kappa shape index (κ3) is 2.30. The van der Waals surface area contributed by atoms with Gasteiger partial charge in [0.05, 0.1) is 11.0 Å². The van der Waals surface area contributed by atoms with Crippen LogP contribution in [0.25, 0.3) is 11.0 Å². The van der Waals surface area contributed by atoms with Gasteiger partial charge in [0.15, 0.2) is 0 Å². The van der Waals surface area contributed by atoms with E-state index in [9.17, 15) is 4.79 Å². The number of benzene rings is 1. The van der Waals surface area contributed by atoms with Crippen LogP contribution in [0.4, 0.5) is 0 Å². The van der Waals surface area contributed by atoms with Gasteiger partial charge in [0.25, 0.3) is 0 Å². The quantitative estimate of drug-likeness (QED) is 0.757. The van der Waals surface area contributed by atoms with Crippen LogP contribution in [0.2, 0.25) is 0 Å². The van der Waals surface area contributed by atoms with Crippen molar-refractivity contribution in [2.45, 2.75) is 26.8 Å². The molecule has 4 N–H and O–H groups in total. The van der Waals surface area contributed by atoms with Crippen LogP contribution in [0, 0.1) is 5.41 Å². The molecule has 1 unspecified atom stereocenters. The number of aromatic amines is 2. The number of imidazole rings is 1. The number of hydrogen-bond acceptors (Lipinski definition) is 2. The molecule has 1 atom stereocenters. The van der Waals surface area contributed by atoms with Crippen molar-refractivity contribution < 1.29 is 0 Å². The van der Waals surface area contributed by atoms with Crippen LogP contribution in [0.1, 0.15) is 32.4 Å². The summed E-state index contributed by atoms with van der Waals surface area (Å²) in [6.07, 6.45) is 0. The predicted molar refractivity (Wildman–Crippen MR) is 73.0 cm³/mol. The zero-order valence-electron chi connectivity index (χ0n) is 10.1. The van der Waals surface area contributed by atoms with Crippen LogP contribution in [-0.4, -0.2) is 9.97 Å². The summed E-state index contributed by atoms with van der Waals surface area (Å²) in [6, 6.07) is 3.71. The van der Waals surface area contributed by atoms with E-state index in [4.69, 9.17) is 5.73 Å². The first-order valence-electron chi connectivity index (χ1n) is 5.46. The van der Waals surface area contributed by atoms with Crippen molar-refractivity contribution in [2.24, 2.45) is 11.1 Å². The van der Waals surface area contributed by atoms with Crippen molar-refractivity contribution in [3.8, 4) is 0 Å². The van der Waals surface area contributed by atoms with E-state index in [1.54, 1.807) is 0 Å². The summed E-state index contributed by atoms with van der Waals surface area (Å²) in [4.78, 5) is 16.7. The number of fused-ring (bicyclic) bond motifs is 1. The number of H-pyrrole nitrogens is 2. The molecule has 0 fully saturated rings. The average Bonchev–Trinajstić information content (AvgIpc) is 2.53. The lowest BCUT2D eigenvalue weighted by Gasteiger charge is -2.28. The van der Waals surface area contributed by atoms with Crippen molar-refractivity contribution in [2.75, 3.05) is 0 Å². The third-order valence-corrected chi connectivity index (χ3v) is 3.59. The second-order valence-electron chi connectivity index (χ2n) is 5.34. The van der Waals surface area contributed by atoms with Gasteiger partial charge in [-0.2, -0.15) is 0 Å². The Labute approximate surface area is 108 Å². The first-order valence-corrected chi connectivity index (χ1v) is 6.25. The average molecular weight is 298 g/mol. The van der Waals surface area contributed by atoms with E-state index < -0.39 is 0 Å². The van der Waals surface area contributed by atoms with Crippen molar-refractivity contribution in [3.05, 3.63) is 32.7 Å². The molecular formula is C12H16BrN3O. The summed E-state index contributed by atoms with van der Waals surface area (Å²) in [5.41, 5.74) is 8.57. The van der Waals surface area contributed by atoms with Gasteiger partial charge < -0.3 is 15.7 Å². The van der Waals surface area contributed by atoms with Gasteiger partial charge in [-0.05, 0) is 23.1 Å². The van der Waals surface area contributed by atoms with E-state index in [1.807, 2.05) is 12.1 Å². The van der Waals surface area contributed by atoms with Crippen LogP contribution in [0.3, 0.4) is 0 Å². The zero-order valence-corrected chi connectivity index (χ0v) is 11.7. The number of aromatic nitrogens is 2. The van der Waals surface area contributed by atoms with E-state index in [0.29, 0.717) is 0 Å². The molecule has 0 saturated carbocycles. The third-order valence-electron chi connectivity index (χ3n) is 2.90. The first-order chi connectivity index (χ1) is 7.79. The maximum Gasteiger partial charge on any atom is 0.323 e. The highest BCUT2D eigenvalue weighted by Gasteiger charge is 2.24. The fourth-order valence-electron chi connectivity index (χ4n) is 1.78. The predicted octanol–water partition coefficient (Wildman–Crippen LogP) is 2.66. The van der Waals surface area contributed by atoms with Crippen LogP contribution < -0.4 is 11.4 Å². The van der Waals surface area contributed by atoms with E-state index in [-0.39, 0.29) is 17.1 Å². The standard InChI is InChI=1S/C12H16BrN3O/c1-12(2,3)10(14)6-4-8-9(5-7(6)13)16-11(17)15-8/h4-5,10H,14H2,1-3H3,(H2,15,16,17). The molecule has 0 radical (unpaired) electrons. The lowest BCUT2D eigenvalue weighted by molar-refractivity contribution is 0.326. The lowest BCUT2D eigenvalue weighted by Crippen LogP contribution is -2.26. The molecule has 0 aliphatic rings. The molecule has 4 nitrogen and oxygen atoms in total. The largest absolute Gasteiger partial charge is 0.323 e. The van der Waals surface area contributed by atoms with E-state index in [1.165, 1.54) is 0 Å². The SMILES string of the molecule is CC(C)(C)C(N)c1cc2[nH]c(=O)[nH]c2cc1Br. The molecule has 2 aromatic rings. The van der Waals surface area contributed by atoms with Gasteiger partial charge in [0, 0.05) is 10.5 Å². The smallest absolute Gasteiger partial charge is 0.323 e. The van der Waals surface area contributed by atoms with Crippen LogP contribution in [0.5, 0.6) is 0 Å². The summed E-state index contributed by atoms with van der Waals surface area (Å²) < 4.78 is 0.919. The minimum atomic E-state index is -0.201. The molecule has 1 aromatic heterocycles. The van der Waals surface area contributed by atoms with Gasteiger partial charge >= 0.3 is 5.69 Å². The molecule has 17 heavy (non-hydrogen) atoms. The second-order valence-corrected chi connectivity index (χ2v) is 6.20. The molecule has 0 amide bonds. The summed E-state index contributed by atoms with van der Waals surface area (Å²) in [6.45, 7) is 6.27. The molecule has 92 valence electrons. The first kappa shape index (κ1) is 12.4. The van der Waals surface area contributed by atoms with Crippen molar-refractivity contribution in [3.63, 3.8) is 0 Å². The summed E-state index contributed by atoms with van der Waals surface area (Å²) in [5.74, 6) is 0. The molecule has 0 aliphatic heterocycles. The highest BCUT2D eigenvalue weighted by molar-refractivity contribution is 9.10. The fourth-order valence-corrected chi connectivity index (χ4v) is 2.37. The van der Waals surface area contributed by atoms with Crippen LogP contribution in [0.15, 0.2) is 21.4 Å². The van der Waals surface area contributed by atoms with Gasteiger partial charge in [-0.1, -0.05) is 36.7 Å². The number of rotatable bonds is 1. The fraction of sp³-hybridized carbons (Fsp3) is 0.417. The number of nitrogens with one attached hydrogen (secondary N) is 2. The molecular weight excluding hydrogens is 282 g/mol. The van der Waals surface area contributed by atoms with Crippen molar-refractivity contribution in [1.82, 2.24) is 9.97 Å². The highest BCUT2D eigenvalue weighted by Crippen LogP contribution is 2.35. The molecule has 1 heterocycles. The van der Waals surface area contributed by atoms with Gasteiger partial charge in [-0.25, -0.2) is 4.79 Å². The Morgan fingerprint density at radius 1 is 1.24 bits per heavy atom. The Kier molecular flexibility index (Phi) is 2.91. The normalized spacial score (nSPS) is 14.2. The van der Waals surface area contributed by atoms with Crippen molar-refractivity contribution >= 4 is 27.0 Å². The molecule has 0 aliphatic carbocycles. The molecule has 0 saturated heterocycles. The van der Waals surface area contributed by atoms with Gasteiger partial charge in [0.2, 0.25) is 0 Å². The molecule has 0 spiro atoms.